The van der Waals surface area contributed by atoms with Gasteiger partial charge in [-0.3, -0.25) is 9.59 Å². The zero-order valence-electron chi connectivity index (χ0n) is 20.0. The van der Waals surface area contributed by atoms with Crippen molar-refractivity contribution in [1.82, 2.24) is 25.6 Å². The lowest BCUT2D eigenvalue weighted by Gasteiger charge is -2.31. The van der Waals surface area contributed by atoms with Gasteiger partial charge in [0.2, 0.25) is 11.8 Å². The molecule has 2 fully saturated rings. The van der Waals surface area contributed by atoms with E-state index in [1.807, 2.05) is 50.2 Å². The highest BCUT2D eigenvalue weighted by atomic mass is 19.1. The second-order valence-electron chi connectivity index (χ2n) is 9.97. The van der Waals surface area contributed by atoms with E-state index in [9.17, 15) is 14.0 Å². The predicted octanol–water partition coefficient (Wildman–Crippen LogP) is 4.04. The first kappa shape index (κ1) is 23.2. The van der Waals surface area contributed by atoms with Gasteiger partial charge in [-0.1, -0.05) is 56.3 Å². The first-order valence-electron chi connectivity index (χ1n) is 12.2. The molecule has 0 radical (unpaired) electrons. The quantitative estimate of drug-likeness (QED) is 0.540. The Morgan fingerprint density at radius 1 is 1.14 bits per heavy atom. The van der Waals surface area contributed by atoms with Gasteiger partial charge < -0.3 is 10.2 Å². The van der Waals surface area contributed by atoms with Gasteiger partial charge in [-0.2, -0.15) is 15.4 Å². The molecule has 0 unspecified atom stereocenters. The topological polar surface area (TPSA) is 91.0 Å². The van der Waals surface area contributed by atoms with Crippen LogP contribution >= 0.6 is 0 Å². The number of aromatic nitrogens is 3. The van der Waals surface area contributed by atoms with Crippen LogP contribution in [0.2, 0.25) is 0 Å². The molecule has 0 bridgehead atoms. The van der Waals surface area contributed by atoms with Crippen molar-refractivity contribution in [3.05, 3.63) is 82.9 Å². The molecule has 2 aromatic carbocycles. The van der Waals surface area contributed by atoms with Crippen LogP contribution < -0.4 is 5.32 Å². The van der Waals surface area contributed by atoms with Crippen LogP contribution in [0.25, 0.3) is 0 Å². The highest BCUT2D eigenvalue weighted by Crippen LogP contribution is 2.52. The second kappa shape index (κ2) is 9.24. The fourth-order valence-corrected chi connectivity index (χ4v) is 5.29. The summed E-state index contributed by atoms with van der Waals surface area (Å²) in [5.74, 6) is -0.552. The van der Waals surface area contributed by atoms with E-state index in [-0.39, 0.29) is 35.5 Å². The number of benzene rings is 2. The van der Waals surface area contributed by atoms with Gasteiger partial charge >= 0.3 is 0 Å². The molecule has 2 aliphatic rings. The molecule has 2 atom stereocenters. The van der Waals surface area contributed by atoms with E-state index in [2.05, 4.69) is 20.7 Å². The van der Waals surface area contributed by atoms with Crippen LogP contribution in [0, 0.1) is 5.82 Å². The minimum atomic E-state index is -0.567. The molecule has 1 spiro atoms. The fourth-order valence-electron chi connectivity index (χ4n) is 5.29. The van der Waals surface area contributed by atoms with Gasteiger partial charge in [0.1, 0.15) is 11.9 Å². The molecule has 8 heteroatoms. The number of H-pyrrole nitrogens is 1. The van der Waals surface area contributed by atoms with E-state index >= 15 is 0 Å². The lowest BCUT2D eigenvalue weighted by atomic mass is 9.94. The predicted molar refractivity (Wildman–Crippen MR) is 129 cm³/mol. The van der Waals surface area contributed by atoms with E-state index < -0.39 is 12.1 Å². The molecule has 182 valence electrons. The number of carbonyl (C=O) groups is 2. The smallest absolute Gasteiger partial charge is 0.243 e. The molecule has 1 saturated heterocycles. The molecule has 7 nitrogen and oxygen atoms in total. The van der Waals surface area contributed by atoms with Gasteiger partial charge in [-0.05, 0) is 54.4 Å². The van der Waals surface area contributed by atoms with Gasteiger partial charge in [0.05, 0.1) is 24.4 Å². The number of halogens is 1. The molecule has 35 heavy (non-hydrogen) atoms. The van der Waals surface area contributed by atoms with Crippen LogP contribution in [-0.4, -0.2) is 43.7 Å². The minimum absolute atomic E-state index is 0.0614. The van der Waals surface area contributed by atoms with Crippen molar-refractivity contribution in [2.45, 2.75) is 69.5 Å². The number of amides is 2. The maximum absolute atomic E-state index is 14.9. The molecule has 2 N–H and O–H groups in total. The average molecular weight is 476 g/mol. The number of hydrogen-bond acceptors (Lipinski definition) is 4. The molecule has 3 aromatic rings. The van der Waals surface area contributed by atoms with Crippen LogP contribution in [0.1, 0.15) is 73.9 Å². The number of aromatic amines is 1. The van der Waals surface area contributed by atoms with Crippen molar-refractivity contribution < 1.29 is 14.0 Å². The summed E-state index contributed by atoms with van der Waals surface area (Å²) in [4.78, 5) is 28.7. The zero-order chi connectivity index (χ0) is 24.6. The number of nitrogens with zero attached hydrogens (tertiary/aromatic N) is 3. The summed E-state index contributed by atoms with van der Waals surface area (Å²) in [5, 5.41) is 13.5. The third-order valence-electron chi connectivity index (χ3n) is 7.30. The normalized spacial score (nSPS) is 19.2. The SMILES string of the molecule is CC(C)c1ccc([C@@H](NC(=O)[C@@H]2CCC3(CC3)N2C(=O)Cc2cn[nH]n2)c2ccccc2)cc1F. The molecule has 1 aromatic heterocycles. The maximum Gasteiger partial charge on any atom is 0.243 e. The van der Waals surface area contributed by atoms with Crippen molar-refractivity contribution in [3.63, 3.8) is 0 Å². The van der Waals surface area contributed by atoms with Gasteiger partial charge in [0.15, 0.2) is 0 Å². The van der Waals surface area contributed by atoms with Gasteiger partial charge in [-0.25, -0.2) is 4.39 Å². The summed E-state index contributed by atoms with van der Waals surface area (Å²) in [6, 6.07) is 13.6. The summed E-state index contributed by atoms with van der Waals surface area (Å²) in [5.41, 5.74) is 2.50. The highest BCUT2D eigenvalue weighted by molar-refractivity contribution is 5.90. The van der Waals surface area contributed by atoms with Crippen LogP contribution in [0.5, 0.6) is 0 Å². The Kier molecular flexibility index (Phi) is 6.13. The van der Waals surface area contributed by atoms with E-state index in [0.29, 0.717) is 23.2 Å². The largest absolute Gasteiger partial charge is 0.343 e. The monoisotopic (exact) mass is 475 g/mol. The summed E-state index contributed by atoms with van der Waals surface area (Å²) >= 11 is 0. The molecule has 1 aliphatic heterocycles. The highest BCUT2D eigenvalue weighted by Gasteiger charge is 2.58. The molecule has 1 saturated carbocycles. The summed E-state index contributed by atoms with van der Waals surface area (Å²) in [6.45, 7) is 3.90. The van der Waals surface area contributed by atoms with Crippen molar-refractivity contribution in [1.29, 1.82) is 0 Å². The summed E-state index contributed by atoms with van der Waals surface area (Å²) in [6.07, 6.45) is 4.87. The van der Waals surface area contributed by atoms with Crippen molar-refractivity contribution >= 4 is 11.8 Å². The third-order valence-corrected chi connectivity index (χ3v) is 7.30. The Morgan fingerprint density at radius 2 is 1.91 bits per heavy atom. The lowest BCUT2D eigenvalue weighted by Crippen LogP contribution is -2.51. The maximum atomic E-state index is 14.9. The lowest BCUT2D eigenvalue weighted by molar-refractivity contribution is -0.140. The van der Waals surface area contributed by atoms with Crippen LogP contribution in [-0.2, 0) is 16.0 Å². The number of carbonyl (C=O) groups excluding carboxylic acids is 2. The molecule has 1 aliphatic carbocycles. The second-order valence-corrected chi connectivity index (χ2v) is 9.97. The Bertz CT molecular complexity index is 1210. The van der Waals surface area contributed by atoms with Gasteiger partial charge in [-0.15, -0.1) is 0 Å². The average Bonchev–Trinajstić information content (AvgIpc) is 3.24. The number of likely N-dealkylation sites (tertiary alicyclic amines) is 1. The van der Waals surface area contributed by atoms with Crippen LogP contribution in [0.3, 0.4) is 0 Å². The van der Waals surface area contributed by atoms with Crippen molar-refractivity contribution in [2.24, 2.45) is 0 Å². The standard InChI is InChI=1S/C27H30FN5O2/c1-17(2)21-9-8-19(14-22(21)28)25(18-6-4-3-5-7-18)30-26(35)23-10-11-27(12-13-27)33(23)24(34)15-20-16-29-32-31-20/h3-9,14,16-17,23,25H,10-13,15H2,1-2H3,(H,30,35)(H,29,31,32)/t23-,25-/m0/s1. The Balaban J connectivity index is 1.41. The Morgan fingerprint density at radius 3 is 2.54 bits per heavy atom. The van der Waals surface area contributed by atoms with Crippen LogP contribution in [0.4, 0.5) is 4.39 Å². The first-order chi connectivity index (χ1) is 16.9. The number of nitrogens with one attached hydrogen (secondary N) is 2. The number of hydrogen-bond donors (Lipinski definition) is 2. The molecule has 2 heterocycles. The van der Waals surface area contributed by atoms with Crippen LogP contribution in [0.15, 0.2) is 54.7 Å². The third kappa shape index (κ3) is 4.57. The molecule has 5 rings (SSSR count). The van der Waals surface area contributed by atoms with Crippen molar-refractivity contribution in [2.75, 3.05) is 0 Å². The first-order valence-corrected chi connectivity index (χ1v) is 12.2. The minimum Gasteiger partial charge on any atom is -0.343 e. The number of rotatable bonds is 7. The Hall–Kier alpha value is -3.55. The Labute approximate surface area is 204 Å². The zero-order valence-corrected chi connectivity index (χ0v) is 20.0. The molecular weight excluding hydrogens is 445 g/mol. The van der Waals surface area contributed by atoms with Crippen molar-refractivity contribution in [3.8, 4) is 0 Å². The molecular formula is C27H30FN5O2. The van der Waals surface area contributed by atoms with Gasteiger partial charge in [0, 0.05) is 5.54 Å². The summed E-state index contributed by atoms with van der Waals surface area (Å²) < 4.78 is 14.9. The fraction of sp³-hybridized carbons (Fsp3) is 0.407. The summed E-state index contributed by atoms with van der Waals surface area (Å²) in [7, 11) is 0. The van der Waals surface area contributed by atoms with E-state index in [0.717, 1.165) is 24.8 Å². The van der Waals surface area contributed by atoms with E-state index in [1.165, 1.54) is 12.3 Å². The van der Waals surface area contributed by atoms with E-state index in [4.69, 9.17) is 0 Å². The van der Waals surface area contributed by atoms with E-state index in [1.54, 1.807) is 11.0 Å². The van der Waals surface area contributed by atoms with Gasteiger partial charge in [0.25, 0.3) is 0 Å². The molecule has 2 amide bonds.